The molecule has 2 aliphatic heterocycles. The quantitative estimate of drug-likeness (QED) is 0.840. The highest BCUT2D eigenvalue weighted by Crippen LogP contribution is 2.44. The zero-order valence-electron chi connectivity index (χ0n) is 13.5. The van der Waals surface area contributed by atoms with E-state index in [-0.39, 0.29) is 22.4 Å². The monoisotopic (exact) mass is 338 g/mol. The SMILES string of the molecule is Cc1ccc(N2C=NC3/C(=C(C#N)/C=C\N)C(C)SC3C2=O)cc1. The molecule has 1 amide bonds. The summed E-state index contributed by atoms with van der Waals surface area (Å²) in [6, 6.07) is 9.64. The molecule has 2 N–H and O–H groups in total. The first-order valence-corrected chi connectivity index (χ1v) is 8.62. The van der Waals surface area contributed by atoms with Crippen LogP contribution in [0.15, 0.2) is 52.7 Å². The number of anilines is 1. The number of nitriles is 1. The molecule has 2 heterocycles. The molecule has 0 saturated carbocycles. The van der Waals surface area contributed by atoms with Crippen molar-refractivity contribution in [2.24, 2.45) is 10.7 Å². The fourth-order valence-electron chi connectivity index (χ4n) is 3.03. The van der Waals surface area contributed by atoms with Gasteiger partial charge in [-0.1, -0.05) is 17.7 Å². The Hall–Kier alpha value is -2.52. The van der Waals surface area contributed by atoms with Crippen LogP contribution in [0.4, 0.5) is 5.69 Å². The third-order valence-electron chi connectivity index (χ3n) is 4.22. The van der Waals surface area contributed by atoms with Gasteiger partial charge in [-0.2, -0.15) is 5.26 Å². The van der Waals surface area contributed by atoms with Crippen LogP contribution in [0.25, 0.3) is 0 Å². The van der Waals surface area contributed by atoms with Crippen LogP contribution in [-0.4, -0.2) is 28.8 Å². The predicted molar refractivity (Wildman–Crippen MR) is 97.8 cm³/mol. The number of benzene rings is 1. The van der Waals surface area contributed by atoms with Crippen LogP contribution >= 0.6 is 11.8 Å². The number of aryl methyl sites for hydroxylation is 1. The van der Waals surface area contributed by atoms with Crippen molar-refractivity contribution >= 4 is 29.7 Å². The molecule has 3 unspecified atom stereocenters. The largest absolute Gasteiger partial charge is 0.405 e. The first-order chi connectivity index (χ1) is 11.6. The van der Waals surface area contributed by atoms with Crippen LogP contribution in [0, 0.1) is 18.3 Å². The minimum Gasteiger partial charge on any atom is -0.405 e. The Bertz CT molecular complexity index is 788. The number of nitrogens with zero attached hydrogens (tertiary/aromatic N) is 3. The van der Waals surface area contributed by atoms with E-state index >= 15 is 0 Å². The van der Waals surface area contributed by atoms with Gasteiger partial charge in [0.25, 0.3) is 0 Å². The van der Waals surface area contributed by atoms with E-state index in [1.807, 2.05) is 38.1 Å². The van der Waals surface area contributed by atoms with Crippen molar-refractivity contribution in [1.82, 2.24) is 0 Å². The molecule has 0 spiro atoms. The first-order valence-electron chi connectivity index (χ1n) is 7.67. The molecule has 6 heteroatoms. The lowest BCUT2D eigenvalue weighted by atomic mass is 9.95. The topological polar surface area (TPSA) is 82.5 Å². The van der Waals surface area contributed by atoms with Gasteiger partial charge in [-0.25, -0.2) is 0 Å². The minimum absolute atomic E-state index is 0.000258. The number of carbonyl (C=O) groups is 1. The van der Waals surface area contributed by atoms with Crippen LogP contribution in [-0.2, 0) is 4.79 Å². The Morgan fingerprint density at radius 3 is 2.75 bits per heavy atom. The van der Waals surface area contributed by atoms with Crippen LogP contribution in [0.2, 0.25) is 0 Å². The summed E-state index contributed by atoms with van der Waals surface area (Å²) in [5, 5.41) is 9.11. The Balaban J connectivity index is 1.99. The zero-order valence-corrected chi connectivity index (χ0v) is 14.3. The Labute approximate surface area is 145 Å². The Morgan fingerprint density at radius 2 is 2.12 bits per heavy atom. The second-order valence-electron chi connectivity index (χ2n) is 5.79. The third kappa shape index (κ3) is 2.72. The predicted octanol–water partition coefficient (Wildman–Crippen LogP) is 2.54. The van der Waals surface area contributed by atoms with Crippen molar-refractivity contribution in [3.63, 3.8) is 0 Å². The van der Waals surface area contributed by atoms with Gasteiger partial charge in [0.2, 0.25) is 5.91 Å². The number of hydrogen-bond donors (Lipinski definition) is 1. The van der Waals surface area contributed by atoms with E-state index in [1.54, 1.807) is 29.1 Å². The lowest BCUT2D eigenvalue weighted by molar-refractivity contribution is -0.117. The molecule has 1 aromatic rings. The molecule has 5 nitrogen and oxygen atoms in total. The normalized spacial score (nSPS) is 28.1. The number of fused-ring (bicyclic) bond motifs is 1. The highest BCUT2D eigenvalue weighted by molar-refractivity contribution is 8.01. The van der Waals surface area contributed by atoms with Crippen molar-refractivity contribution in [3.8, 4) is 6.07 Å². The van der Waals surface area contributed by atoms with Crippen molar-refractivity contribution in [3.05, 3.63) is 53.3 Å². The van der Waals surface area contributed by atoms with Gasteiger partial charge in [0, 0.05) is 10.9 Å². The number of nitrogens with two attached hydrogens (primary N) is 1. The fraction of sp³-hybridized carbons (Fsp3) is 0.278. The van der Waals surface area contributed by atoms with Gasteiger partial charge < -0.3 is 5.73 Å². The van der Waals surface area contributed by atoms with E-state index in [0.717, 1.165) is 16.8 Å². The Morgan fingerprint density at radius 1 is 1.42 bits per heavy atom. The van der Waals surface area contributed by atoms with Crippen molar-refractivity contribution < 1.29 is 4.79 Å². The maximum absolute atomic E-state index is 12.9. The van der Waals surface area contributed by atoms with Gasteiger partial charge >= 0.3 is 0 Å². The lowest BCUT2D eigenvalue weighted by Crippen LogP contribution is -2.45. The maximum atomic E-state index is 12.9. The summed E-state index contributed by atoms with van der Waals surface area (Å²) in [6.45, 7) is 4.00. The summed E-state index contributed by atoms with van der Waals surface area (Å²) in [6.07, 6.45) is 4.51. The standard InChI is InChI=1S/C18H18N4OS/c1-11-3-5-14(6-4-11)22-10-21-16-15(13(9-20)7-8-19)12(2)24-17(16)18(22)23/h3-8,10,12,16-17H,19H2,1-2H3/b8-7-,15-13-. The van der Waals surface area contributed by atoms with E-state index < -0.39 is 0 Å². The summed E-state index contributed by atoms with van der Waals surface area (Å²) < 4.78 is 0. The number of carbonyl (C=O) groups excluding carboxylic acids is 1. The van der Waals surface area contributed by atoms with E-state index in [2.05, 4.69) is 11.1 Å². The van der Waals surface area contributed by atoms with E-state index in [9.17, 15) is 10.1 Å². The van der Waals surface area contributed by atoms with Crippen molar-refractivity contribution in [1.29, 1.82) is 5.26 Å². The molecule has 1 aromatic carbocycles. The van der Waals surface area contributed by atoms with Gasteiger partial charge in [0.1, 0.15) is 5.25 Å². The van der Waals surface area contributed by atoms with Crippen LogP contribution in [0.3, 0.4) is 0 Å². The van der Waals surface area contributed by atoms with Crippen LogP contribution < -0.4 is 10.6 Å². The molecule has 24 heavy (non-hydrogen) atoms. The number of thioether (sulfide) groups is 1. The highest BCUT2D eigenvalue weighted by Gasteiger charge is 2.46. The lowest BCUT2D eigenvalue weighted by Gasteiger charge is -2.28. The molecule has 2 aliphatic rings. The number of rotatable bonds is 2. The fourth-order valence-corrected chi connectivity index (χ4v) is 4.48. The summed E-state index contributed by atoms with van der Waals surface area (Å²) in [5.74, 6) is -0.000258. The summed E-state index contributed by atoms with van der Waals surface area (Å²) in [4.78, 5) is 19.1. The number of hydrogen-bond acceptors (Lipinski definition) is 5. The van der Waals surface area contributed by atoms with Gasteiger partial charge in [0.05, 0.1) is 24.0 Å². The van der Waals surface area contributed by atoms with E-state index in [0.29, 0.717) is 5.57 Å². The van der Waals surface area contributed by atoms with Crippen molar-refractivity contribution in [2.75, 3.05) is 4.90 Å². The number of aliphatic imine (C=N–C) groups is 1. The molecule has 0 aliphatic carbocycles. The van der Waals surface area contributed by atoms with Gasteiger partial charge in [-0.3, -0.25) is 14.7 Å². The second kappa shape index (κ2) is 6.54. The number of allylic oxidation sites excluding steroid dienone is 2. The summed E-state index contributed by atoms with van der Waals surface area (Å²) >= 11 is 1.55. The van der Waals surface area contributed by atoms with Crippen LogP contribution in [0.5, 0.6) is 0 Å². The van der Waals surface area contributed by atoms with E-state index in [4.69, 9.17) is 5.73 Å². The molecule has 0 aromatic heterocycles. The summed E-state index contributed by atoms with van der Waals surface area (Å²) in [5.41, 5.74) is 8.76. The molecular formula is C18H18N4OS. The molecule has 0 radical (unpaired) electrons. The molecule has 3 atom stereocenters. The smallest absolute Gasteiger partial charge is 0.247 e. The molecule has 3 rings (SSSR count). The highest BCUT2D eigenvalue weighted by atomic mass is 32.2. The van der Waals surface area contributed by atoms with Gasteiger partial charge in [-0.05, 0) is 43.8 Å². The van der Waals surface area contributed by atoms with E-state index in [1.165, 1.54) is 6.20 Å². The minimum atomic E-state index is -0.309. The van der Waals surface area contributed by atoms with Crippen molar-refractivity contribution in [2.45, 2.75) is 30.4 Å². The molecule has 1 fully saturated rings. The Kier molecular flexibility index (Phi) is 4.45. The molecule has 0 bridgehead atoms. The molecule has 122 valence electrons. The molecule has 1 saturated heterocycles. The number of amides is 1. The second-order valence-corrected chi connectivity index (χ2v) is 7.28. The zero-order chi connectivity index (χ0) is 17.3. The first kappa shape index (κ1) is 16.3. The van der Waals surface area contributed by atoms with Gasteiger partial charge in [-0.15, -0.1) is 11.8 Å². The average Bonchev–Trinajstić information content (AvgIpc) is 2.91. The summed E-state index contributed by atoms with van der Waals surface area (Å²) in [7, 11) is 0. The molecular weight excluding hydrogens is 320 g/mol. The van der Waals surface area contributed by atoms with Crippen LogP contribution in [0.1, 0.15) is 12.5 Å². The average molecular weight is 338 g/mol. The third-order valence-corrected chi connectivity index (χ3v) is 5.64. The van der Waals surface area contributed by atoms with Gasteiger partial charge in [0.15, 0.2) is 0 Å². The maximum Gasteiger partial charge on any atom is 0.247 e.